The first-order valence-electron chi connectivity index (χ1n) is 3.53. The Morgan fingerprint density at radius 3 is 2.57 bits per heavy atom. The van der Waals surface area contributed by atoms with E-state index in [9.17, 15) is 14.0 Å². The zero-order valence-electron chi connectivity index (χ0n) is 6.89. The maximum absolute atomic E-state index is 11.5. The van der Waals surface area contributed by atoms with Gasteiger partial charge in [-0.2, -0.15) is 4.89 Å². The van der Waals surface area contributed by atoms with Crippen LogP contribution in [0.2, 0.25) is 0 Å². The number of aliphatic hydroxyl groups excluding tert-OH is 1. The summed E-state index contributed by atoms with van der Waals surface area (Å²) in [7, 11) is -7.40. The summed E-state index contributed by atoms with van der Waals surface area (Å²) in [6.07, 6.45) is 1.26. The van der Waals surface area contributed by atoms with E-state index < -0.39 is 21.0 Å². The lowest BCUT2D eigenvalue weighted by Crippen LogP contribution is -2.16. The van der Waals surface area contributed by atoms with Gasteiger partial charge in [0, 0.05) is 6.20 Å². The minimum absolute atomic E-state index is 0.287. The number of nitrogens with zero attached hydrogens (tertiary/aromatic N) is 1. The second-order valence-corrected chi connectivity index (χ2v) is 6.15. The molecule has 0 spiro atoms. The second-order valence-electron chi connectivity index (χ2n) is 2.46. The Hall–Kier alpha value is -0.640. The fourth-order valence-electron chi connectivity index (χ4n) is 0.795. The van der Waals surface area contributed by atoms with Crippen molar-refractivity contribution in [2.24, 2.45) is 0 Å². The van der Waals surface area contributed by atoms with Gasteiger partial charge in [0.25, 0.3) is 0 Å². The zero-order valence-corrected chi connectivity index (χ0v) is 8.68. The van der Waals surface area contributed by atoms with Crippen molar-refractivity contribution < 1.29 is 24.0 Å². The van der Waals surface area contributed by atoms with E-state index in [1.807, 2.05) is 0 Å². The normalized spacial score (nSPS) is 18.4. The molecule has 0 radical (unpaired) electrons. The Labute approximate surface area is 80.6 Å². The van der Waals surface area contributed by atoms with E-state index in [1.54, 1.807) is 0 Å². The van der Waals surface area contributed by atoms with Crippen molar-refractivity contribution in [1.82, 2.24) is 4.98 Å². The van der Waals surface area contributed by atoms with Crippen molar-refractivity contribution in [3.8, 4) is 0 Å². The summed E-state index contributed by atoms with van der Waals surface area (Å²) in [4.78, 5) is 21.4. The summed E-state index contributed by atoms with van der Waals surface area (Å²) in [5, 5.41) is 9.02. The lowest BCUT2D eigenvalue weighted by atomic mass is 10.5. The highest BCUT2D eigenvalue weighted by molar-refractivity contribution is 7.74. The van der Waals surface area contributed by atoms with Gasteiger partial charge in [0.1, 0.15) is 5.44 Å². The molecule has 3 N–H and O–H groups in total. The van der Waals surface area contributed by atoms with Crippen LogP contribution in [0.15, 0.2) is 24.4 Å². The molecule has 1 heterocycles. The van der Waals surface area contributed by atoms with Crippen molar-refractivity contribution in [3.05, 3.63) is 24.4 Å². The molecule has 3 unspecified atom stereocenters. The van der Waals surface area contributed by atoms with Crippen molar-refractivity contribution in [2.75, 3.05) is 0 Å². The van der Waals surface area contributed by atoms with E-state index in [-0.39, 0.29) is 5.44 Å². The van der Waals surface area contributed by atoms with Gasteiger partial charge < -0.3 is 10.00 Å². The van der Waals surface area contributed by atoms with E-state index in [2.05, 4.69) is 4.98 Å². The Morgan fingerprint density at radius 1 is 1.50 bits per heavy atom. The third-order valence-corrected chi connectivity index (χ3v) is 4.96. The van der Waals surface area contributed by atoms with Gasteiger partial charge in [-0.15, -0.1) is 0 Å². The van der Waals surface area contributed by atoms with Gasteiger partial charge in [0.05, 0.1) is 0 Å². The quantitative estimate of drug-likeness (QED) is 0.637. The van der Waals surface area contributed by atoms with Gasteiger partial charge in [-0.1, -0.05) is 6.07 Å². The number of aliphatic hydroxyl groups is 1. The molecule has 0 bridgehead atoms. The fourth-order valence-corrected chi connectivity index (χ4v) is 2.99. The molecule has 3 atom stereocenters. The fraction of sp³-hybridized carbons (Fsp3) is 0.167. The molecule has 0 amide bonds. The van der Waals surface area contributed by atoms with E-state index >= 15 is 0 Å². The van der Waals surface area contributed by atoms with E-state index in [1.165, 1.54) is 24.4 Å². The number of hydrogen-bond donors (Lipinski definition) is 3. The monoisotopic (exact) mass is 236 g/mol. The second kappa shape index (κ2) is 4.26. The molecule has 0 saturated heterocycles. The average molecular weight is 236 g/mol. The first-order chi connectivity index (χ1) is 6.46. The first-order valence-corrected chi connectivity index (χ1v) is 6.54. The molecule has 0 saturated carbocycles. The molecule has 1 aromatic heterocycles. The van der Waals surface area contributed by atoms with Crippen LogP contribution in [-0.2, 0) is 9.13 Å². The summed E-state index contributed by atoms with van der Waals surface area (Å²) in [6.45, 7) is 0. The molecule has 14 heavy (non-hydrogen) atoms. The third kappa shape index (κ3) is 2.23. The van der Waals surface area contributed by atoms with E-state index in [0.717, 1.165) is 0 Å². The van der Waals surface area contributed by atoms with Crippen LogP contribution in [0.4, 0.5) is 0 Å². The first kappa shape index (κ1) is 11.4. The van der Waals surface area contributed by atoms with Crippen LogP contribution in [0.25, 0.3) is 0 Å². The minimum atomic E-state index is -4.28. The van der Waals surface area contributed by atoms with Crippen molar-refractivity contribution >= 4 is 20.8 Å². The Bertz CT molecular complexity index is 381. The molecule has 8 heteroatoms. The predicted octanol–water partition coefficient (Wildman–Crippen LogP) is -0.0121. The molecule has 0 aliphatic rings. The predicted molar refractivity (Wildman–Crippen MR) is 49.5 cm³/mol. The molecular formula is C6H8NO5P2+. The molecule has 0 fully saturated rings. The van der Waals surface area contributed by atoms with Gasteiger partial charge >= 0.3 is 21.0 Å². The minimum Gasteiger partial charge on any atom is -0.341 e. The lowest BCUT2D eigenvalue weighted by Gasteiger charge is -2.07. The van der Waals surface area contributed by atoms with Crippen molar-refractivity contribution in [3.63, 3.8) is 0 Å². The highest BCUT2D eigenvalue weighted by Crippen LogP contribution is 2.51. The summed E-state index contributed by atoms with van der Waals surface area (Å²) in [5.41, 5.74) is -2.47. The molecule has 6 nitrogen and oxygen atoms in total. The molecule has 1 rings (SSSR count). The lowest BCUT2D eigenvalue weighted by molar-refractivity contribution is 0.284. The number of pyridine rings is 1. The van der Waals surface area contributed by atoms with Crippen molar-refractivity contribution in [2.45, 2.75) is 5.59 Å². The van der Waals surface area contributed by atoms with E-state index in [0.29, 0.717) is 0 Å². The number of rotatable bonds is 3. The Morgan fingerprint density at radius 2 is 2.14 bits per heavy atom. The molecule has 76 valence electrons. The topological polar surface area (TPSA) is 108 Å². The number of aromatic nitrogens is 1. The summed E-state index contributed by atoms with van der Waals surface area (Å²) in [5.74, 6) is 0. The van der Waals surface area contributed by atoms with Crippen molar-refractivity contribution in [1.29, 1.82) is 0 Å². The standard InChI is InChI=1S/C6H7NO5P2/c8-6(13(9)10)14(11,12)5-3-1-2-4-7-5/h1-4,6,8H,(H-,9,10,11,12)/p+1. The maximum Gasteiger partial charge on any atom is 0.548 e. The van der Waals surface area contributed by atoms with Crippen LogP contribution in [0.1, 0.15) is 0 Å². The maximum atomic E-state index is 11.5. The third-order valence-electron chi connectivity index (χ3n) is 1.49. The summed E-state index contributed by atoms with van der Waals surface area (Å²) < 4.78 is 21.9. The van der Waals surface area contributed by atoms with Crippen LogP contribution < -0.4 is 5.44 Å². The van der Waals surface area contributed by atoms with Gasteiger partial charge in [-0.3, -0.25) is 9.55 Å². The van der Waals surface area contributed by atoms with Crippen LogP contribution in [-0.4, -0.2) is 25.5 Å². The summed E-state index contributed by atoms with van der Waals surface area (Å²) >= 11 is 0. The summed E-state index contributed by atoms with van der Waals surface area (Å²) in [6, 6.07) is 4.18. The Balaban J connectivity index is 3.09. The Kier molecular flexibility index (Phi) is 3.48. The van der Waals surface area contributed by atoms with Crippen LogP contribution in [0.3, 0.4) is 0 Å². The number of hydrogen-bond acceptors (Lipinski definition) is 4. The highest BCUT2D eigenvalue weighted by atomic mass is 31.2. The smallest absolute Gasteiger partial charge is 0.341 e. The molecule has 1 aromatic rings. The molecule has 0 aromatic carbocycles. The SMILES string of the molecule is O=[P+](O)C(O)P(=O)(O)c1ccccn1. The van der Waals surface area contributed by atoms with Crippen LogP contribution >= 0.6 is 15.4 Å². The highest BCUT2D eigenvalue weighted by Gasteiger charge is 2.46. The largest absolute Gasteiger partial charge is 0.548 e. The van der Waals surface area contributed by atoms with Crippen LogP contribution in [0, 0.1) is 0 Å². The van der Waals surface area contributed by atoms with Gasteiger partial charge in [-0.05, 0) is 16.7 Å². The van der Waals surface area contributed by atoms with E-state index in [4.69, 9.17) is 10.00 Å². The van der Waals surface area contributed by atoms with Crippen LogP contribution in [0.5, 0.6) is 0 Å². The molecule has 0 aliphatic heterocycles. The average Bonchev–Trinajstić information content (AvgIpc) is 2.18. The van der Waals surface area contributed by atoms with Gasteiger partial charge in [0.2, 0.25) is 0 Å². The zero-order chi connectivity index (χ0) is 10.8. The van der Waals surface area contributed by atoms with Gasteiger partial charge in [-0.25, -0.2) is 0 Å². The molecular weight excluding hydrogens is 228 g/mol. The molecule has 0 aliphatic carbocycles. The van der Waals surface area contributed by atoms with Gasteiger partial charge in [0.15, 0.2) is 0 Å².